The number of ether oxygens (including phenoxy) is 1. The van der Waals surface area contributed by atoms with Crippen LogP contribution in [-0.2, 0) is 4.79 Å². The fourth-order valence-electron chi connectivity index (χ4n) is 3.68. The van der Waals surface area contributed by atoms with Crippen molar-refractivity contribution in [2.24, 2.45) is 0 Å². The normalized spacial score (nSPS) is 14.4. The van der Waals surface area contributed by atoms with Crippen LogP contribution < -0.4 is 10.2 Å². The number of benzene rings is 3. The Morgan fingerprint density at radius 2 is 1.97 bits per heavy atom. The molecule has 4 aromatic rings. The van der Waals surface area contributed by atoms with Crippen LogP contribution in [0, 0.1) is 12.7 Å². The molecule has 3 aromatic carbocycles. The first-order valence-corrected chi connectivity index (χ1v) is 12.9. The molecule has 38 heavy (non-hydrogen) atoms. The van der Waals surface area contributed by atoms with Gasteiger partial charge in [0.15, 0.2) is 4.32 Å². The van der Waals surface area contributed by atoms with Gasteiger partial charge in [0.2, 0.25) is 11.1 Å². The van der Waals surface area contributed by atoms with Crippen molar-refractivity contribution < 1.29 is 18.7 Å². The molecule has 1 aliphatic rings. The largest absolute Gasteiger partial charge is 0.436 e. The summed E-state index contributed by atoms with van der Waals surface area (Å²) in [4.78, 5) is 33.7. The lowest BCUT2D eigenvalue weighted by Crippen LogP contribution is -2.44. The number of aryl methyl sites for hydroxylation is 1. The average molecular weight is 585 g/mol. The SMILES string of the molecule is Cc1ccc(C(=O)NN2C(=O)/C(=C\c3c(Oc4nc(Cl)ncc4F)ccc4ccccc34)SC2=S)c(Cl)c1. The Labute approximate surface area is 235 Å². The Balaban J connectivity index is 1.50. The van der Waals surface area contributed by atoms with E-state index in [1.54, 1.807) is 36.4 Å². The minimum atomic E-state index is -0.808. The standard InChI is InChI=1S/C26H15Cl2FN4O3S2/c1-13-6-8-16(18(27)10-13)22(34)32-33-24(35)21(38-26(33)37)11-17-15-5-3-2-4-14(15)7-9-20(17)36-23-19(29)12-30-25(28)31-23/h2-12H,1H3,(H,32,34)/b21-11+. The van der Waals surface area contributed by atoms with Gasteiger partial charge in [-0.15, -0.1) is 0 Å². The Hall–Kier alpha value is -3.57. The highest BCUT2D eigenvalue weighted by Gasteiger charge is 2.34. The van der Waals surface area contributed by atoms with Crippen molar-refractivity contribution in [3.8, 4) is 11.6 Å². The zero-order chi connectivity index (χ0) is 27.0. The van der Waals surface area contributed by atoms with Crippen LogP contribution in [0.1, 0.15) is 21.5 Å². The van der Waals surface area contributed by atoms with Gasteiger partial charge >= 0.3 is 0 Å². The summed E-state index contributed by atoms with van der Waals surface area (Å²) in [5.41, 5.74) is 4.08. The van der Waals surface area contributed by atoms with Crippen LogP contribution in [0.5, 0.6) is 11.6 Å². The average Bonchev–Trinajstić information content (AvgIpc) is 3.14. The van der Waals surface area contributed by atoms with E-state index >= 15 is 0 Å². The summed E-state index contributed by atoms with van der Waals surface area (Å²) < 4.78 is 20.2. The number of carbonyl (C=O) groups excluding carboxylic acids is 2. The number of hydrogen-bond acceptors (Lipinski definition) is 7. The first-order valence-electron chi connectivity index (χ1n) is 10.9. The van der Waals surface area contributed by atoms with Crippen LogP contribution in [0.25, 0.3) is 16.8 Å². The van der Waals surface area contributed by atoms with Gasteiger partial charge in [-0.05, 0) is 71.4 Å². The van der Waals surface area contributed by atoms with E-state index in [1.807, 2.05) is 31.2 Å². The molecule has 2 heterocycles. The molecule has 1 fully saturated rings. The van der Waals surface area contributed by atoms with Crippen molar-refractivity contribution in [3.63, 3.8) is 0 Å². The third-order valence-electron chi connectivity index (χ3n) is 5.47. The summed E-state index contributed by atoms with van der Waals surface area (Å²) in [7, 11) is 0. The molecule has 0 spiro atoms. The van der Waals surface area contributed by atoms with Gasteiger partial charge in [-0.25, -0.2) is 4.98 Å². The van der Waals surface area contributed by atoms with Crippen LogP contribution in [0.15, 0.2) is 65.7 Å². The number of hydrazine groups is 1. The molecule has 190 valence electrons. The molecule has 0 bridgehead atoms. The predicted molar refractivity (Wildman–Crippen MR) is 150 cm³/mol. The Morgan fingerprint density at radius 1 is 1.18 bits per heavy atom. The van der Waals surface area contributed by atoms with E-state index in [0.717, 1.165) is 39.3 Å². The summed E-state index contributed by atoms with van der Waals surface area (Å²) in [5, 5.41) is 2.63. The highest BCUT2D eigenvalue weighted by atomic mass is 35.5. The Bertz CT molecular complexity index is 1680. The molecule has 1 N–H and O–H groups in total. The first kappa shape index (κ1) is 26.1. The third kappa shape index (κ3) is 5.21. The summed E-state index contributed by atoms with van der Waals surface area (Å²) in [6, 6.07) is 15.8. The zero-order valence-electron chi connectivity index (χ0n) is 19.4. The molecular formula is C26H15Cl2FN4O3S2. The maximum absolute atomic E-state index is 14.3. The number of fused-ring (bicyclic) bond motifs is 1. The molecule has 2 amide bonds. The second-order valence-electron chi connectivity index (χ2n) is 8.03. The van der Waals surface area contributed by atoms with Gasteiger partial charge in [-0.1, -0.05) is 59.8 Å². The molecule has 1 aromatic heterocycles. The van der Waals surface area contributed by atoms with Crippen LogP contribution in [0.4, 0.5) is 4.39 Å². The fraction of sp³-hybridized carbons (Fsp3) is 0.0385. The molecule has 5 rings (SSSR count). The molecule has 12 heteroatoms. The number of hydrogen-bond donors (Lipinski definition) is 1. The van der Waals surface area contributed by atoms with E-state index in [9.17, 15) is 14.0 Å². The highest BCUT2D eigenvalue weighted by molar-refractivity contribution is 8.26. The third-order valence-corrected chi connectivity index (χ3v) is 7.27. The number of amides is 2. The second kappa shape index (κ2) is 10.7. The second-order valence-corrected chi connectivity index (χ2v) is 10.5. The molecule has 0 radical (unpaired) electrons. The Kier molecular flexibility index (Phi) is 7.31. The summed E-state index contributed by atoms with van der Waals surface area (Å²) in [6.07, 6.45) is 2.47. The summed E-state index contributed by atoms with van der Waals surface area (Å²) >= 11 is 18.4. The monoisotopic (exact) mass is 584 g/mol. The lowest BCUT2D eigenvalue weighted by Gasteiger charge is -2.16. The van der Waals surface area contributed by atoms with E-state index < -0.39 is 17.6 Å². The smallest absolute Gasteiger partial charge is 0.285 e. The maximum atomic E-state index is 14.3. The van der Waals surface area contributed by atoms with Gasteiger partial charge in [-0.2, -0.15) is 14.4 Å². The van der Waals surface area contributed by atoms with E-state index in [0.29, 0.717) is 5.56 Å². The molecule has 0 unspecified atom stereocenters. The topological polar surface area (TPSA) is 84.4 Å². The number of thioether (sulfide) groups is 1. The summed E-state index contributed by atoms with van der Waals surface area (Å²) in [5.74, 6) is -2.09. The van der Waals surface area contributed by atoms with Crippen molar-refractivity contribution in [3.05, 3.63) is 98.5 Å². The lowest BCUT2D eigenvalue weighted by atomic mass is 10.0. The van der Waals surface area contributed by atoms with Gasteiger partial charge in [0.25, 0.3) is 17.7 Å². The molecule has 7 nitrogen and oxygen atoms in total. The lowest BCUT2D eigenvalue weighted by molar-refractivity contribution is -0.123. The van der Waals surface area contributed by atoms with Gasteiger partial charge < -0.3 is 4.74 Å². The highest BCUT2D eigenvalue weighted by Crippen LogP contribution is 2.38. The van der Waals surface area contributed by atoms with Crippen molar-refractivity contribution >= 4 is 80.2 Å². The number of aromatic nitrogens is 2. The molecule has 0 aliphatic carbocycles. The number of thiocarbonyl (C=S) groups is 1. The van der Waals surface area contributed by atoms with Crippen LogP contribution in [-0.4, -0.2) is 31.1 Å². The molecule has 0 atom stereocenters. The van der Waals surface area contributed by atoms with E-state index in [2.05, 4.69) is 15.4 Å². The predicted octanol–water partition coefficient (Wildman–Crippen LogP) is 6.72. The minimum Gasteiger partial charge on any atom is -0.436 e. The van der Waals surface area contributed by atoms with Crippen molar-refractivity contribution in [1.29, 1.82) is 0 Å². The zero-order valence-corrected chi connectivity index (χ0v) is 22.5. The van der Waals surface area contributed by atoms with Gasteiger partial charge in [0.1, 0.15) is 5.75 Å². The fourth-order valence-corrected chi connectivity index (χ4v) is 5.29. The summed E-state index contributed by atoms with van der Waals surface area (Å²) in [6.45, 7) is 1.85. The van der Waals surface area contributed by atoms with Gasteiger partial charge in [0.05, 0.1) is 21.7 Å². The minimum absolute atomic E-state index is 0.120. The Morgan fingerprint density at radius 3 is 2.76 bits per heavy atom. The number of rotatable bonds is 5. The first-order chi connectivity index (χ1) is 18.2. The number of carbonyl (C=O) groups is 2. The molecule has 1 aliphatic heterocycles. The number of nitrogens with zero attached hydrogens (tertiary/aromatic N) is 3. The van der Waals surface area contributed by atoms with E-state index in [1.165, 1.54) is 0 Å². The van der Waals surface area contributed by atoms with E-state index in [-0.39, 0.29) is 36.7 Å². The van der Waals surface area contributed by atoms with Gasteiger partial charge in [0, 0.05) is 5.56 Å². The molecule has 1 saturated heterocycles. The van der Waals surface area contributed by atoms with Crippen molar-refractivity contribution in [2.75, 3.05) is 0 Å². The van der Waals surface area contributed by atoms with E-state index in [4.69, 9.17) is 40.2 Å². The molecular weight excluding hydrogens is 570 g/mol. The van der Waals surface area contributed by atoms with Crippen LogP contribution >= 0.6 is 47.2 Å². The van der Waals surface area contributed by atoms with Crippen molar-refractivity contribution in [1.82, 2.24) is 20.4 Å². The van der Waals surface area contributed by atoms with Gasteiger partial charge in [-0.3, -0.25) is 15.0 Å². The van der Waals surface area contributed by atoms with Crippen molar-refractivity contribution in [2.45, 2.75) is 6.92 Å². The number of nitrogens with one attached hydrogen (secondary N) is 1. The van der Waals surface area contributed by atoms with Crippen LogP contribution in [0.3, 0.4) is 0 Å². The van der Waals surface area contributed by atoms with Crippen LogP contribution in [0.2, 0.25) is 10.3 Å². The molecule has 0 saturated carbocycles. The maximum Gasteiger partial charge on any atom is 0.285 e. The number of halogens is 3. The quantitative estimate of drug-likeness (QED) is 0.158.